The third-order valence-electron chi connectivity index (χ3n) is 6.10. The van der Waals surface area contributed by atoms with Crippen LogP contribution in [0.1, 0.15) is 35.2 Å². The number of hydrogen-bond acceptors (Lipinski definition) is 2. The minimum atomic E-state index is -1.30. The lowest BCUT2D eigenvalue weighted by Gasteiger charge is -2.40. The number of carbonyl (C=O) groups excluding carboxylic acids is 1. The number of likely N-dealkylation sites (tertiary alicyclic amines) is 2. The van der Waals surface area contributed by atoms with Crippen LogP contribution in [0.3, 0.4) is 0 Å². The first-order valence-electron chi connectivity index (χ1n) is 9.86. The van der Waals surface area contributed by atoms with E-state index in [9.17, 15) is 18.0 Å². The Kier molecular flexibility index (Phi) is 6.02. The molecule has 1 amide bonds. The highest BCUT2D eigenvalue weighted by Gasteiger charge is 2.43. The zero-order chi connectivity index (χ0) is 21.5. The molecule has 2 fully saturated rings. The van der Waals surface area contributed by atoms with Gasteiger partial charge >= 0.3 is 0 Å². The molecule has 2 aromatic rings. The van der Waals surface area contributed by atoms with Crippen molar-refractivity contribution in [1.29, 1.82) is 0 Å². The lowest BCUT2D eigenvalue weighted by atomic mass is 9.79. The molecule has 2 saturated heterocycles. The summed E-state index contributed by atoms with van der Waals surface area (Å²) in [5.41, 5.74) is 0.560. The van der Waals surface area contributed by atoms with E-state index < -0.39 is 28.9 Å². The summed E-state index contributed by atoms with van der Waals surface area (Å²) in [7, 11) is 0. The Hall–Kier alpha value is -1.76. The van der Waals surface area contributed by atoms with E-state index in [1.807, 2.05) is 12.1 Å². The van der Waals surface area contributed by atoms with Crippen LogP contribution in [0.5, 0.6) is 0 Å². The third kappa shape index (κ3) is 4.32. The second-order valence-electron chi connectivity index (χ2n) is 8.29. The van der Waals surface area contributed by atoms with E-state index in [2.05, 4.69) is 4.90 Å². The van der Waals surface area contributed by atoms with Crippen LogP contribution in [0.2, 0.25) is 10.0 Å². The maximum atomic E-state index is 14.1. The molecule has 1 atom stereocenters. The van der Waals surface area contributed by atoms with Gasteiger partial charge in [-0.2, -0.15) is 0 Å². The summed E-state index contributed by atoms with van der Waals surface area (Å²) in [5.74, 6) is -4.15. The van der Waals surface area contributed by atoms with Crippen LogP contribution in [0.25, 0.3) is 0 Å². The lowest BCUT2D eigenvalue weighted by molar-refractivity contribution is 0.0671. The Labute approximate surface area is 183 Å². The number of hydrogen-bond donors (Lipinski definition) is 0. The SMILES string of the molecule is O=C(c1cc(F)c(F)cc1F)N1CCC2(CCCN(Cc3ccc(Cl)c(Cl)c3)C2)C1. The van der Waals surface area contributed by atoms with Crippen molar-refractivity contribution in [2.24, 2.45) is 5.41 Å². The fourth-order valence-electron chi connectivity index (χ4n) is 4.64. The second-order valence-corrected chi connectivity index (χ2v) is 9.10. The minimum Gasteiger partial charge on any atom is -0.338 e. The summed E-state index contributed by atoms with van der Waals surface area (Å²) in [6.45, 7) is 3.41. The topological polar surface area (TPSA) is 23.6 Å². The molecule has 2 aliphatic heterocycles. The average Bonchev–Trinajstić information content (AvgIpc) is 3.10. The number of carbonyl (C=O) groups is 1. The molecule has 0 aromatic heterocycles. The van der Waals surface area contributed by atoms with Crippen molar-refractivity contribution in [2.45, 2.75) is 25.8 Å². The molecule has 0 radical (unpaired) electrons. The van der Waals surface area contributed by atoms with E-state index >= 15 is 0 Å². The molecule has 4 rings (SSSR count). The number of piperidine rings is 1. The Morgan fingerprint density at radius 1 is 0.933 bits per heavy atom. The van der Waals surface area contributed by atoms with Crippen molar-refractivity contribution >= 4 is 29.1 Å². The van der Waals surface area contributed by atoms with E-state index in [-0.39, 0.29) is 5.41 Å². The fraction of sp³-hybridized carbons (Fsp3) is 0.409. The van der Waals surface area contributed by atoms with E-state index in [0.717, 1.165) is 44.5 Å². The molecule has 8 heteroatoms. The van der Waals surface area contributed by atoms with Crippen LogP contribution < -0.4 is 0 Å². The molecule has 3 nitrogen and oxygen atoms in total. The van der Waals surface area contributed by atoms with E-state index in [0.29, 0.717) is 35.3 Å². The Morgan fingerprint density at radius 2 is 1.70 bits per heavy atom. The van der Waals surface area contributed by atoms with Crippen LogP contribution in [-0.2, 0) is 6.54 Å². The first-order valence-corrected chi connectivity index (χ1v) is 10.6. The smallest absolute Gasteiger partial charge is 0.256 e. The normalized spacial score (nSPS) is 22.1. The fourth-order valence-corrected chi connectivity index (χ4v) is 4.96. The van der Waals surface area contributed by atoms with Gasteiger partial charge in [-0.05, 0) is 49.6 Å². The molecule has 0 bridgehead atoms. The number of rotatable bonds is 3. The van der Waals surface area contributed by atoms with E-state index in [1.165, 1.54) is 0 Å². The Bertz CT molecular complexity index is 987. The molecular formula is C22H21Cl2F3N2O. The van der Waals surface area contributed by atoms with Gasteiger partial charge in [0.25, 0.3) is 5.91 Å². The maximum absolute atomic E-state index is 14.1. The van der Waals surface area contributed by atoms with Crippen LogP contribution in [0, 0.1) is 22.9 Å². The summed E-state index contributed by atoms with van der Waals surface area (Å²) in [6.07, 6.45) is 2.75. The lowest BCUT2D eigenvalue weighted by Crippen LogP contribution is -2.45. The first kappa shape index (κ1) is 21.5. The molecule has 160 valence electrons. The molecule has 1 unspecified atom stereocenters. The van der Waals surface area contributed by atoms with Crippen molar-refractivity contribution in [3.8, 4) is 0 Å². The maximum Gasteiger partial charge on any atom is 0.256 e. The predicted molar refractivity (Wildman–Crippen MR) is 110 cm³/mol. The van der Waals surface area contributed by atoms with Gasteiger partial charge in [-0.1, -0.05) is 29.3 Å². The molecule has 0 saturated carbocycles. The Morgan fingerprint density at radius 3 is 2.47 bits per heavy atom. The van der Waals surface area contributed by atoms with Gasteiger partial charge in [-0.25, -0.2) is 13.2 Å². The molecule has 0 N–H and O–H groups in total. The average molecular weight is 457 g/mol. The third-order valence-corrected chi connectivity index (χ3v) is 6.84. The van der Waals surface area contributed by atoms with Gasteiger partial charge < -0.3 is 4.90 Å². The quantitative estimate of drug-likeness (QED) is 0.566. The molecule has 0 aliphatic carbocycles. The minimum absolute atomic E-state index is 0.0841. The van der Waals surface area contributed by atoms with Crippen molar-refractivity contribution in [3.05, 3.63) is 69.0 Å². The van der Waals surface area contributed by atoms with Crippen LogP contribution in [0.15, 0.2) is 30.3 Å². The number of halogens is 5. The molecule has 2 aromatic carbocycles. The van der Waals surface area contributed by atoms with Gasteiger partial charge in [0.1, 0.15) is 5.82 Å². The zero-order valence-corrected chi connectivity index (χ0v) is 17.7. The second kappa shape index (κ2) is 8.40. The van der Waals surface area contributed by atoms with Gasteiger partial charge in [0, 0.05) is 37.7 Å². The van der Waals surface area contributed by atoms with Gasteiger partial charge in [-0.15, -0.1) is 0 Å². The molecule has 30 heavy (non-hydrogen) atoms. The summed E-state index contributed by atoms with van der Waals surface area (Å²) in [5, 5.41) is 1.04. The number of nitrogens with zero attached hydrogens (tertiary/aromatic N) is 2. The summed E-state index contributed by atoms with van der Waals surface area (Å²) in [6, 6.07) is 6.67. The van der Waals surface area contributed by atoms with E-state index in [1.54, 1.807) is 11.0 Å². The number of benzene rings is 2. The molecule has 2 heterocycles. The van der Waals surface area contributed by atoms with E-state index in [4.69, 9.17) is 23.2 Å². The molecule has 1 spiro atoms. The summed E-state index contributed by atoms with van der Waals surface area (Å²) < 4.78 is 40.8. The zero-order valence-electron chi connectivity index (χ0n) is 16.2. The van der Waals surface area contributed by atoms with Gasteiger partial charge in [-0.3, -0.25) is 9.69 Å². The highest BCUT2D eigenvalue weighted by Crippen LogP contribution is 2.40. The van der Waals surface area contributed by atoms with Crippen molar-refractivity contribution in [1.82, 2.24) is 9.80 Å². The Balaban J connectivity index is 1.45. The first-order chi connectivity index (χ1) is 14.3. The number of amides is 1. The molecular weight excluding hydrogens is 436 g/mol. The van der Waals surface area contributed by atoms with Gasteiger partial charge in [0.2, 0.25) is 0 Å². The summed E-state index contributed by atoms with van der Waals surface area (Å²) >= 11 is 12.1. The summed E-state index contributed by atoms with van der Waals surface area (Å²) in [4.78, 5) is 16.6. The predicted octanol–water partition coefficient (Wildman–Crippen LogP) is 5.54. The van der Waals surface area contributed by atoms with Crippen molar-refractivity contribution < 1.29 is 18.0 Å². The van der Waals surface area contributed by atoms with Crippen molar-refractivity contribution in [3.63, 3.8) is 0 Å². The van der Waals surface area contributed by atoms with Crippen LogP contribution in [0.4, 0.5) is 13.2 Å². The highest BCUT2D eigenvalue weighted by atomic mass is 35.5. The standard InChI is InChI=1S/C22H21Cl2F3N2O/c23-16-3-2-14(8-17(16)24)11-28-6-1-4-22(12-28)5-7-29(13-22)21(30)15-9-19(26)20(27)10-18(15)25/h2-3,8-10H,1,4-7,11-13H2. The van der Waals surface area contributed by atoms with Crippen LogP contribution >= 0.6 is 23.2 Å². The van der Waals surface area contributed by atoms with Crippen molar-refractivity contribution in [2.75, 3.05) is 26.2 Å². The van der Waals surface area contributed by atoms with Gasteiger partial charge in [0.05, 0.1) is 15.6 Å². The van der Waals surface area contributed by atoms with Gasteiger partial charge in [0.15, 0.2) is 11.6 Å². The highest BCUT2D eigenvalue weighted by molar-refractivity contribution is 6.42. The molecule has 2 aliphatic rings. The van der Waals surface area contributed by atoms with Crippen LogP contribution in [-0.4, -0.2) is 41.9 Å². The monoisotopic (exact) mass is 456 g/mol. The largest absolute Gasteiger partial charge is 0.338 e.